The van der Waals surface area contributed by atoms with Crippen molar-refractivity contribution in [1.29, 1.82) is 0 Å². The summed E-state index contributed by atoms with van der Waals surface area (Å²) in [5.41, 5.74) is 0.716. The molecule has 3 unspecified atom stereocenters. The van der Waals surface area contributed by atoms with E-state index in [1.54, 1.807) is 36.3 Å². The molecule has 2 aliphatic rings. The average Bonchev–Trinajstić information content (AvgIpc) is 3.03. The molecule has 0 radical (unpaired) electrons. The summed E-state index contributed by atoms with van der Waals surface area (Å²) in [5.74, 6) is -0.846. The molecule has 7 heteroatoms. The number of nitrogens with zero attached hydrogens (tertiary/aromatic N) is 2. The summed E-state index contributed by atoms with van der Waals surface area (Å²) in [6, 6.07) is 6.31. The number of carboxylic acids is 1. The Labute approximate surface area is 152 Å². The Morgan fingerprint density at radius 2 is 1.92 bits per heavy atom. The van der Waals surface area contributed by atoms with Crippen LogP contribution in [0.25, 0.3) is 0 Å². The highest BCUT2D eigenvalue weighted by atomic mass is 16.5. The number of hydrogen-bond acceptors (Lipinski definition) is 4. The number of carbonyl (C=O) groups is 3. The maximum atomic E-state index is 12.9. The highest BCUT2D eigenvalue weighted by Crippen LogP contribution is 2.30. The second-order valence-corrected chi connectivity index (χ2v) is 7.12. The summed E-state index contributed by atoms with van der Waals surface area (Å²) >= 11 is 0. The summed E-state index contributed by atoms with van der Waals surface area (Å²) in [4.78, 5) is 39.9. The molecular formula is C19H24N2O5. The van der Waals surface area contributed by atoms with Crippen LogP contribution in [-0.2, 0) is 14.4 Å². The lowest BCUT2D eigenvalue weighted by Gasteiger charge is -2.37. The van der Waals surface area contributed by atoms with E-state index < -0.39 is 17.9 Å². The SMILES string of the molecule is COc1ccc(N2CC(C(=O)N3CCC(C)CC3C(=O)O)CC2=O)cc1. The molecule has 1 aromatic rings. The number of aliphatic carboxylic acids is 1. The van der Waals surface area contributed by atoms with Gasteiger partial charge in [0.1, 0.15) is 11.8 Å². The van der Waals surface area contributed by atoms with E-state index in [1.807, 2.05) is 6.92 Å². The average molecular weight is 360 g/mol. The molecule has 1 N–H and O–H groups in total. The molecule has 0 saturated carbocycles. The van der Waals surface area contributed by atoms with E-state index in [2.05, 4.69) is 0 Å². The van der Waals surface area contributed by atoms with Crippen LogP contribution in [0.1, 0.15) is 26.2 Å². The molecule has 1 aromatic carbocycles. The third kappa shape index (κ3) is 3.52. The van der Waals surface area contributed by atoms with Gasteiger partial charge in [-0.15, -0.1) is 0 Å². The standard InChI is InChI=1S/C19H24N2O5/c1-12-7-8-20(16(9-12)19(24)25)18(23)13-10-17(22)21(11-13)14-3-5-15(26-2)6-4-14/h3-6,12-13,16H,7-11H2,1-2H3,(H,24,25). The van der Waals surface area contributed by atoms with Crippen molar-refractivity contribution < 1.29 is 24.2 Å². The largest absolute Gasteiger partial charge is 0.497 e. The van der Waals surface area contributed by atoms with Crippen LogP contribution in [0.5, 0.6) is 5.75 Å². The predicted octanol–water partition coefficient (Wildman–Crippen LogP) is 1.76. The minimum absolute atomic E-state index is 0.114. The maximum absolute atomic E-state index is 12.9. The number of benzene rings is 1. The number of amides is 2. The second kappa shape index (κ2) is 7.35. The molecule has 2 amide bonds. The van der Waals surface area contributed by atoms with E-state index in [0.717, 1.165) is 6.42 Å². The Bertz CT molecular complexity index is 702. The molecule has 2 aliphatic heterocycles. The van der Waals surface area contributed by atoms with E-state index in [1.165, 1.54) is 4.90 Å². The van der Waals surface area contributed by atoms with Crippen molar-refractivity contribution in [3.63, 3.8) is 0 Å². The molecule has 0 bridgehead atoms. The first-order valence-corrected chi connectivity index (χ1v) is 8.88. The number of anilines is 1. The molecule has 140 valence electrons. The fourth-order valence-electron chi connectivity index (χ4n) is 3.76. The maximum Gasteiger partial charge on any atom is 0.326 e. The van der Waals surface area contributed by atoms with E-state index >= 15 is 0 Å². The lowest BCUT2D eigenvalue weighted by molar-refractivity contribution is -0.154. The van der Waals surface area contributed by atoms with Crippen LogP contribution < -0.4 is 9.64 Å². The minimum Gasteiger partial charge on any atom is -0.497 e. The van der Waals surface area contributed by atoms with Crippen LogP contribution in [0, 0.1) is 11.8 Å². The molecule has 2 fully saturated rings. The summed E-state index contributed by atoms with van der Waals surface area (Å²) < 4.78 is 5.12. The van der Waals surface area contributed by atoms with Gasteiger partial charge in [-0.3, -0.25) is 9.59 Å². The quantitative estimate of drug-likeness (QED) is 0.884. The van der Waals surface area contributed by atoms with Crippen LogP contribution >= 0.6 is 0 Å². The molecule has 2 saturated heterocycles. The Morgan fingerprint density at radius 1 is 1.23 bits per heavy atom. The monoisotopic (exact) mass is 360 g/mol. The summed E-state index contributed by atoms with van der Waals surface area (Å²) in [6.07, 6.45) is 1.37. The van der Waals surface area contributed by atoms with Gasteiger partial charge in [0.05, 0.1) is 13.0 Å². The van der Waals surface area contributed by atoms with E-state index in [9.17, 15) is 19.5 Å². The molecule has 2 heterocycles. The van der Waals surface area contributed by atoms with Crippen LogP contribution in [-0.4, -0.2) is 54.0 Å². The van der Waals surface area contributed by atoms with Gasteiger partial charge >= 0.3 is 5.97 Å². The number of rotatable bonds is 4. The second-order valence-electron chi connectivity index (χ2n) is 7.12. The zero-order valence-corrected chi connectivity index (χ0v) is 15.1. The van der Waals surface area contributed by atoms with Crippen LogP contribution in [0.2, 0.25) is 0 Å². The predicted molar refractivity (Wildman–Crippen MR) is 95.0 cm³/mol. The van der Waals surface area contributed by atoms with Crippen molar-refractivity contribution in [2.24, 2.45) is 11.8 Å². The van der Waals surface area contributed by atoms with Gasteiger partial charge in [0, 0.05) is 25.2 Å². The molecular weight excluding hydrogens is 336 g/mol. The van der Waals surface area contributed by atoms with Gasteiger partial charge in [0.25, 0.3) is 0 Å². The normalized spacial score (nSPS) is 26.1. The Hall–Kier alpha value is -2.57. The zero-order valence-electron chi connectivity index (χ0n) is 15.1. The fourth-order valence-corrected chi connectivity index (χ4v) is 3.76. The van der Waals surface area contributed by atoms with Crippen molar-refractivity contribution in [3.05, 3.63) is 24.3 Å². The summed E-state index contributed by atoms with van der Waals surface area (Å²) in [6.45, 7) is 2.72. The molecule has 26 heavy (non-hydrogen) atoms. The molecule has 0 aliphatic carbocycles. The van der Waals surface area contributed by atoms with Crippen molar-refractivity contribution in [3.8, 4) is 5.75 Å². The van der Waals surface area contributed by atoms with Crippen LogP contribution in [0.15, 0.2) is 24.3 Å². The summed E-state index contributed by atoms with van der Waals surface area (Å²) in [5, 5.41) is 9.47. The number of carbonyl (C=O) groups excluding carboxylic acids is 2. The zero-order chi connectivity index (χ0) is 18.8. The molecule has 3 rings (SSSR count). The van der Waals surface area contributed by atoms with Gasteiger partial charge in [-0.25, -0.2) is 4.79 Å². The topological polar surface area (TPSA) is 87.2 Å². The Balaban J connectivity index is 1.72. The van der Waals surface area contributed by atoms with E-state index in [0.29, 0.717) is 24.4 Å². The minimum atomic E-state index is -0.971. The van der Waals surface area contributed by atoms with Gasteiger partial charge in [0.2, 0.25) is 11.8 Å². The van der Waals surface area contributed by atoms with Crippen molar-refractivity contribution in [2.45, 2.75) is 32.2 Å². The van der Waals surface area contributed by atoms with Crippen molar-refractivity contribution in [1.82, 2.24) is 4.90 Å². The smallest absolute Gasteiger partial charge is 0.326 e. The molecule has 0 aromatic heterocycles. The first-order valence-electron chi connectivity index (χ1n) is 8.88. The third-order valence-electron chi connectivity index (χ3n) is 5.29. The Morgan fingerprint density at radius 3 is 2.54 bits per heavy atom. The lowest BCUT2D eigenvalue weighted by Crippen LogP contribution is -2.52. The van der Waals surface area contributed by atoms with Crippen molar-refractivity contribution in [2.75, 3.05) is 25.1 Å². The number of carboxylic acid groups (broad SMARTS) is 1. The van der Waals surface area contributed by atoms with Gasteiger partial charge in [-0.05, 0) is 43.0 Å². The first kappa shape index (κ1) is 18.2. The molecule has 0 spiro atoms. The number of hydrogen-bond donors (Lipinski definition) is 1. The molecule has 7 nitrogen and oxygen atoms in total. The van der Waals surface area contributed by atoms with Crippen molar-refractivity contribution >= 4 is 23.5 Å². The third-order valence-corrected chi connectivity index (χ3v) is 5.29. The van der Waals surface area contributed by atoms with Gasteiger partial charge < -0.3 is 19.6 Å². The van der Waals surface area contributed by atoms with Gasteiger partial charge in [-0.1, -0.05) is 6.92 Å². The van der Waals surface area contributed by atoms with E-state index in [-0.39, 0.29) is 30.7 Å². The fraction of sp³-hybridized carbons (Fsp3) is 0.526. The van der Waals surface area contributed by atoms with E-state index in [4.69, 9.17) is 4.74 Å². The van der Waals surface area contributed by atoms with Gasteiger partial charge in [-0.2, -0.15) is 0 Å². The lowest BCUT2D eigenvalue weighted by atomic mass is 9.91. The highest BCUT2D eigenvalue weighted by Gasteiger charge is 2.42. The highest BCUT2D eigenvalue weighted by molar-refractivity contribution is 6.00. The summed E-state index contributed by atoms with van der Waals surface area (Å²) in [7, 11) is 1.57. The van der Waals surface area contributed by atoms with Gasteiger partial charge in [0.15, 0.2) is 0 Å². The van der Waals surface area contributed by atoms with Crippen LogP contribution in [0.3, 0.4) is 0 Å². The number of piperidine rings is 1. The molecule has 3 atom stereocenters. The number of ether oxygens (including phenoxy) is 1. The van der Waals surface area contributed by atoms with Crippen LogP contribution in [0.4, 0.5) is 5.69 Å². The number of likely N-dealkylation sites (tertiary alicyclic amines) is 1. The first-order chi connectivity index (χ1) is 12.4. The number of methoxy groups -OCH3 is 1. The Kier molecular flexibility index (Phi) is 5.15.